The second kappa shape index (κ2) is 6.06. The number of rotatable bonds is 3. The van der Waals surface area contributed by atoms with Crippen molar-refractivity contribution >= 4 is 11.8 Å². The average molecular weight is 264 g/mol. The number of ether oxygens (including phenoxy) is 1. The summed E-state index contributed by atoms with van der Waals surface area (Å²) < 4.78 is 5.32. The highest BCUT2D eigenvalue weighted by atomic mass is 16.6. The Balaban J connectivity index is 2.78. The lowest BCUT2D eigenvalue weighted by Crippen LogP contribution is -2.34. The Kier molecular flexibility index (Phi) is 4.95. The summed E-state index contributed by atoms with van der Waals surface area (Å²) in [4.78, 5) is 13.4. The summed E-state index contributed by atoms with van der Waals surface area (Å²) in [5, 5.41) is 0. The molecule has 0 radical (unpaired) electrons. The summed E-state index contributed by atoms with van der Waals surface area (Å²) in [6.45, 7) is 8.24. The van der Waals surface area contributed by atoms with E-state index in [-0.39, 0.29) is 6.09 Å². The molecule has 2 N–H and O–H groups in total. The molecule has 1 amide bonds. The fraction of sp³-hybridized carbons (Fsp3) is 0.533. The highest BCUT2D eigenvalue weighted by molar-refractivity contribution is 5.87. The molecule has 0 aromatic heterocycles. The number of anilines is 1. The zero-order valence-electron chi connectivity index (χ0n) is 12.4. The van der Waals surface area contributed by atoms with Gasteiger partial charge in [0.05, 0.1) is 0 Å². The van der Waals surface area contributed by atoms with Crippen molar-refractivity contribution in [3.05, 3.63) is 29.8 Å². The van der Waals surface area contributed by atoms with E-state index in [1.807, 2.05) is 45.0 Å². The third kappa shape index (κ3) is 4.56. The van der Waals surface area contributed by atoms with Crippen LogP contribution in [0.5, 0.6) is 0 Å². The van der Waals surface area contributed by atoms with Crippen LogP contribution in [0.15, 0.2) is 24.3 Å². The third-order valence-corrected chi connectivity index (χ3v) is 2.87. The molecule has 0 aliphatic heterocycles. The molecular weight excluding hydrogens is 240 g/mol. The van der Waals surface area contributed by atoms with Gasteiger partial charge < -0.3 is 10.5 Å². The first-order valence-electron chi connectivity index (χ1n) is 6.51. The standard InChI is InChI=1S/C15H24N2O2/c1-11(10-16)12-6-8-13(9-7-12)17(5)14(18)19-15(2,3)4/h6-9,11H,10,16H2,1-5H3. The monoisotopic (exact) mass is 264 g/mol. The lowest BCUT2D eigenvalue weighted by atomic mass is 10.0. The number of carbonyl (C=O) groups is 1. The number of nitrogens with two attached hydrogens (primary N) is 1. The Morgan fingerprint density at radius 3 is 2.26 bits per heavy atom. The zero-order valence-corrected chi connectivity index (χ0v) is 12.4. The predicted octanol–water partition coefficient (Wildman–Crippen LogP) is 3.12. The minimum atomic E-state index is -0.487. The summed E-state index contributed by atoms with van der Waals surface area (Å²) in [6, 6.07) is 7.80. The molecule has 1 aromatic rings. The molecule has 4 heteroatoms. The van der Waals surface area contributed by atoms with E-state index in [2.05, 4.69) is 6.92 Å². The topological polar surface area (TPSA) is 55.6 Å². The molecule has 1 aromatic carbocycles. The SMILES string of the molecule is CC(CN)c1ccc(N(C)C(=O)OC(C)(C)C)cc1. The second-order valence-corrected chi connectivity index (χ2v) is 5.77. The van der Waals surface area contributed by atoms with Gasteiger partial charge in [-0.2, -0.15) is 0 Å². The Morgan fingerprint density at radius 1 is 1.32 bits per heavy atom. The van der Waals surface area contributed by atoms with Crippen LogP contribution >= 0.6 is 0 Å². The summed E-state index contributed by atoms with van der Waals surface area (Å²) >= 11 is 0. The van der Waals surface area contributed by atoms with Crippen LogP contribution in [0, 0.1) is 0 Å². The molecule has 1 atom stereocenters. The third-order valence-electron chi connectivity index (χ3n) is 2.87. The van der Waals surface area contributed by atoms with Gasteiger partial charge in [-0.15, -0.1) is 0 Å². The fourth-order valence-corrected chi connectivity index (χ4v) is 1.60. The van der Waals surface area contributed by atoms with Crippen LogP contribution < -0.4 is 10.6 Å². The van der Waals surface area contributed by atoms with Crippen molar-refractivity contribution in [2.24, 2.45) is 5.73 Å². The van der Waals surface area contributed by atoms with E-state index in [1.165, 1.54) is 10.5 Å². The van der Waals surface area contributed by atoms with E-state index in [9.17, 15) is 4.79 Å². The van der Waals surface area contributed by atoms with E-state index < -0.39 is 5.60 Å². The van der Waals surface area contributed by atoms with E-state index in [0.717, 1.165) is 5.69 Å². The molecule has 0 saturated carbocycles. The maximum atomic E-state index is 11.9. The smallest absolute Gasteiger partial charge is 0.414 e. The number of nitrogens with zero attached hydrogens (tertiary/aromatic N) is 1. The first-order valence-corrected chi connectivity index (χ1v) is 6.51. The van der Waals surface area contributed by atoms with Gasteiger partial charge in [0, 0.05) is 12.7 Å². The summed E-state index contributed by atoms with van der Waals surface area (Å²) in [7, 11) is 1.70. The van der Waals surface area contributed by atoms with Crippen LogP contribution in [0.3, 0.4) is 0 Å². The molecular formula is C15H24N2O2. The van der Waals surface area contributed by atoms with Gasteiger partial charge in [0.1, 0.15) is 5.60 Å². The van der Waals surface area contributed by atoms with Crippen molar-refractivity contribution in [1.82, 2.24) is 0 Å². The average Bonchev–Trinajstić information content (AvgIpc) is 2.35. The molecule has 19 heavy (non-hydrogen) atoms. The van der Waals surface area contributed by atoms with Crippen LogP contribution in [0.4, 0.5) is 10.5 Å². The number of carbonyl (C=O) groups excluding carboxylic acids is 1. The Labute approximate surface area is 115 Å². The van der Waals surface area contributed by atoms with Gasteiger partial charge in [0.2, 0.25) is 0 Å². The molecule has 4 nitrogen and oxygen atoms in total. The molecule has 1 unspecified atom stereocenters. The molecule has 0 spiro atoms. The van der Waals surface area contributed by atoms with Crippen LogP contribution in [-0.2, 0) is 4.74 Å². The highest BCUT2D eigenvalue weighted by Gasteiger charge is 2.20. The maximum Gasteiger partial charge on any atom is 0.414 e. The normalized spacial score (nSPS) is 12.9. The first-order chi connectivity index (χ1) is 8.74. The van der Waals surface area contributed by atoms with Crippen molar-refractivity contribution < 1.29 is 9.53 Å². The van der Waals surface area contributed by atoms with Gasteiger partial charge in [-0.1, -0.05) is 19.1 Å². The van der Waals surface area contributed by atoms with Gasteiger partial charge in [-0.25, -0.2) is 4.79 Å². The summed E-state index contributed by atoms with van der Waals surface area (Å²) in [5.74, 6) is 0.320. The number of benzene rings is 1. The Morgan fingerprint density at radius 2 is 1.84 bits per heavy atom. The Hall–Kier alpha value is -1.55. The number of hydrogen-bond donors (Lipinski definition) is 1. The van der Waals surface area contributed by atoms with Crippen molar-refractivity contribution in [2.75, 3.05) is 18.5 Å². The minimum Gasteiger partial charge on any atom is -0.443 e. The van der Waals surface area contributed by atoms with E-state index in [1.54, 1.807) is 7.05 Å². The first kappa shape index (κ1) is 15.5. The van der Waals surface area contributed by atoms with Gasteiger partial charge in [-0.05, 0) is 50.9 Å². The minimum absolute atomic E-state index is 0.320. The summed E-state index contributed by atoms with van der Waals surface area (Å²) in [5.41, 5.74) is 7.13. The highest BCUT2D eigenvalue weighted by Crippen LogP contribution is 2.20. The van der Waals surface area contributed by atoms with Gasteiger partial charge in [-0.3, -0.25) is 4.90 Å². The molecule has 0 saturated heterocycles. The van der Waals surface area contributed by atoms with Gasteiger partial charge in [0.15, 0.2) is 0 Å². The van der Waals surface area contributed by atoms with Crippen molar-refractivity contribution in [2.45, 2.75) is 39.2 Å². The quantitative estimate of drug-likeness (QED) is 0.912. The maximum absolute atomic E-state index is 11.9. The van der Waals surface area contributed by atoms with Gasteiger partial charge >= 0.3 is 6.09 Å². The van der Waals surface area contributed by atoms with Crippen molar-refractivity contribution in [3.8, 4) is 0 Å². The summed E-state index contributed by atoms with van der Waals surface area (Å²) in [6.07, 6.45) is -0.355. The molecule has 1 rings (SSSR count). The molecule has 0 aliphatic rings. The molecule has 0 heterocycles. The van der Waals surface area contributed by atoms with E-state index in [0.29, 0.717) is 12.5 Å². The van der Waals surface area contributed by atoms with Crippen LogP contribution in [0.25, 0.3) is 0 Å². The number of amides is 1. The number of hydrogen-bond acceptors (Lipinski definition) is 3. The molecule has 0 fully saturated rings. The molecule has 106 valence electrons. The van der Waals surface area contributed by atoms with E-state index in [4.69, 9.17) is 10.5 Å². The van der Waals surface area contributed by atoms with Crippen LogP contribution in [0.1, 0.15) is 39.2 Å². The Bertz CT molecular complexity index is 421. The van der Waals surface area contributed by atoms with Crippen molar-refractivity contribution in [3.63, 3.8) is 0 Å². The van der Waals surface area contributed by atoms with Gasteiger partial charge in [0.25, 0.3) is 0 Å². The van der Waals surface area contributed by atoms with E-state index >= 15 is 0 Å². The van der Waals surface area contributed by atoms with Crippen LogP contribution in [-0.4, -0.2) is 25.3 Å². The lowest BCUT2D eigenvalue weighted by Gasteiger charge is -2.25. The zero-order chi connectivity index (χ0) is 14.6. The second-order valence-electron chi connectivity index (χ2n) is 5.77. The largest absolute Gasteiger partial charge is 0.443 e. The molecule has 0 aliphatic carbocycles. The van der Waals surface area contributed by atoms with Crippen molar-refractivity contribution in [1.29, 1.82) is 0 Å². The fourth-order valence-electron chi connectivity index (χ4n) is 1.60. The van der Waals surface area contributed by atoms with Crippen LogP contribution in [0.2, 0.25) is 0 Å². The molecule has 0 bridgehead atoms. The predicted molar refractivity (Wildman–Crippen MR) is 78.5 cm³/mol. The lowest BCUT2D eigenvalue weighted by molar-refractivity contribution is 0.0589.